The van der Waals surface area contributed by atoms with Crippen molar-refractivity contribution in [1.82, 2.24) is 14.8 Å². The van der Waals surface area contributed by atoms with E-state index in [2.05, 4.69) is 29.3 Å². The molecular weight excluding hydrogens is 264 g/mol. The first-order valence-corrected chi connectivity index (χ1v) is 7.69. The molecule has 0 aliphatic carbocycles. The van der Waals surface area contributed by atoms with Gasteiger partial charge >= 0.3 is 0 Å². The van der Waals surface area contributed by atoms with Crippen LogP contribution in [0.1, 0.15) is 35.8 Å². The number of carbonyl (C=O) groups excluding carboxylic acids is 1. The summed E-state index contributed by atoms with van der Waals surface area (Å²) >= 11 is 0. The van der Waals surface area contributed by atoms with Crippen LogP contribution in [0.15, 0.2) is 12.3 Å². The van der Waals surface area contributed by atoms with Crippen LogP contribution in [-0.2, 0) is 0 Å². The highest BCUT2D eigenvalue weighted by Crippen LogP contribution is 2.21. The molecule has 0 aromatic carbocycles. The molecule has 5 heteroatoms. The molecule has 1 amide bonds. The lowest BCUT2D eigenvalue weighted by Gasteiger charge is -2.36. The van der Waals surface area contributed by atoms with Gasteiger partial charge in [-0.25, -0.2) is 0 Å². The van der Waals surface area contributed by atoms with Crippen LogP contribution >= 0.6 is 0 Å². The maximum atomic E-state index is 12.8. The molecule has 0 spiro atoms. The molecule has 0 bridgehead atoms. The summed E-state index contributed by atoms with van der Waals surface area (Å²) < 4.78 is 0. The van der Waals surface area contributed by atoms with E-state index in [1.54, 1.807) is 6.20 Å². The molecule has 0 radical (unpaired) electrons. The van der Waals surface area contributed by atoms with E-state index in [-0.39, 0.29) is 5.91 Å². The highest BCUT2D eigenvalue weighted by molar-refractivity contribution is 5.99. The smallest absolute Gasteiger partial charge is 0.257 e. The normalized spacial score (nSPS) is 18.9. The van der Waals surface area contributed by atoms with Gasteiger partial charge in [0.05, 0.1) is 11.3 Å². The lowest BCUT2D eigenvalue weighted by atomic mass is 10.0. The number of pyridine rings is 1. The minimum Gasteiger partial charge on any atom is -0.385 e. The number of aryl methyl sites for hydroxylation is 1. The lowest BCUT2D eigenvalue weighted by Crippen LogP contribution is -2.47. The van der Waals surface area contributed by atoms with Gasteiger partial charge in [0, 0.05) is 37.6 Å². The van der Waals surface area contributed by atoms with Crippen molar-refractivity contribution in [2.45, 2.75) is 32.7 Å². The Morgan fingerprint density at radius 3 is 2.95 bits per heavy atom. The average Bonchev–Trinajstić information content (AvgIpc) is 2.47. The Morgan fingerprint density at radius 2 is 2.29 bits per heavy atom. The number of aromatic nitrogens is 1. The molecule has 1 aromatic rings. The van der Waals surface area contributed by atoms with Crippen molar-refractivity contribution in [3.05, 3.63) is 23.5 Å². The van der Waals surface area contributed by atoms with Crippen molar-refractivity contribution in [1.29, 1.82) is 0 Å². The van der Waals surface area contributed by atoms with Crippen LogP contribution in [0.5, 0.6) is 0 Å². The minimum atomic E-state index is 0.0880. The Labute approximate surface area is 127 Å². The first-order chi connectivity index (χ1) is 10.0. The minimum absolute atomic E-state index is 0.0880. The first-order valence-electron chi connectivity index (χ1n) is 7.69. The largest absolute Gasteiger partial charge is 0.385 e. The number of likely N-dealkylation sites (N-methyl/N-ethyl adjacent to an activating group) is 1. The zero-order valence-corrected chi connectivity index (χ0v) is 13.5. The molecule has 2 rings (SSSR count). The Kier molecular flexibility index (Phi) is 5.17. The van der Waals surface area contributed by atoms with E-state index >= 15 is 0 Å². The average molecular weight is 290 g/mol. The van der Waals surface area contributed by atoms with E-state index in [0.717, 1.165) is 43.9 Å². The number of anilines is 1. The maximum absolute atomic E-state index is 12.8. The topological polar surface area (TPSA) is 48.5 Å². The molecule has 1 fully saturated rings. The molecular formula is C16H26N4O. The van der Waals surface area contributed by atoms with Gasteiger partial charge in [0.25, 0.3) is 5.91 Å². The highest BCUT2D eigenvalue weighted by Gasteiger charge is 2.27. The molecule has 1 unspecified atom stereocenters. The lowest BCUT2D eigenvalue weighted by molar-refractivity contribution is 0.0635. The number of hydrogen-bond acceptors (Lipinski definition) is 4. The summed E-state index contributed by atoms with van der Waals surface area (Å²) in [6.45, 7) is 6.41. The maximum Gasteiger partial charge on any atom is 0.257 e. The molecule has 1 atom stereocenters. The fourth-order valence-corrected chi connectivity index (χ4v) is 2.80. The number of rotatable bonds is 4. The van der Waals surface area contributed by atoms with Crippen LogP contribution in [0.2, 0.25) is 0 Å². The fourth-order valence-electron chi connectivity index (χ4n) is 2.80. The van der Waals surface area contributed by atoms with Gasteiger partial charge in [-0.1, -0.05) is 0 Å². The van der Waals surface area contributed by atoms with E-state index in [1.807, 2.05) is 24.8 Å². The van der Waals surface area contributed by atoms with E-state index in [9.17, 15) is 4.79 Å². The predicted octanol–water partition coefficient (Wildman–Crippen LogP) is 1.99. The summed E-state index contributed by atoms with van der Waals surface area (Å²) in [7, 11) is 4.16. The Hall–Kier alpha value is -1.62. The summed E-state index contributed by atoms with van der Waals surface area (Å²) in [6.07, 6.45) is 3.92. The Bertz CT molecular complexity index is 501. The monoisotopic (exact) mass is 290 g/mol. The second-order valence-corrected chi connectivity index (χ2v) is 5.91. The van der Waals surface area contributed by atoms with E-state index < -0.39 is 0 Å². The van der Waals surface area contributed by atoms with Crippen LogP contribution in [0.25, 0.3) is 0 Å². The predicted molar refractivity (Wildman–Crippen MR) is 85.8 cm³/mol. The van der Waals surface area contributed by atoms with Crippen LogP contribution in [0.3, 0.4) is 0 Å². The van der Waals surface area contributed by atoms with Crippen molar-refractivity contribution >= 4 is 11.6 Å². The SMILES string of the molecule is CCNc1cc(C)ncc1C(=O)N1CCCC(N(C)C)C1. The molecule has 1 saturated heterocycles. The van der Waals surface area contributed by atoms with Gasteiger partial charge in [0.2, 0.25) is 0 Å². The van der Waals surface area contributed by atoms with Gasteiger partial charge < -0.3 is 15.1 Å². The summed E-state index contributed by atoms with van der Waals surface area (Å²) in [4.78, 5) is 21.3. The standard InChI is InChI=1S/C16H26N4O/c1-5-17-15-9-12(2)18-10-14(15)16(21)20-8-6-7-13(11-20)19(3)4/h9-10,13H,5-8,11H2,1-4H3,(H,17,18). The van der Waals surface area contributed by atoms with Crippen LogP contribution in [0.4, 0.5) is 5.69 Å². The van der Waals surface area contributed by atoms with Crippen molar-refractivity contribution in [3.63, 3.8) is 0 Å². The number of nitrogens with one attached hydrogen (secondary N) is 1. The van der Waals surface area contributed by atoms with Crippen LogP contribution < -0.4 is 5.32 Å². The molecule has 5 nitrogen and oxygen atoms in total. The van der Waals surface area contributed by atoms with Gasteiger partial charge in [-0.3, -0.25) is 9.78 Å². The molecule has 1 aromatic heterocycles. The summed E-state index contributed by atoms with van der Waals surface area (Å²) in [5.41, 5.74) is 2.50. The second kappa shape index (κ2) is 6.89. The molecule has 2 heterocycles. The molecule has 116 valence electrons. The number of carbonyl (C=O) groups is 1. The van der Waals surface area contributed by atoms with Gasteiger partial charge in [-0.2, -0.15) is 0 Å². The van der Waals surface area contributed by atoms with E-state index in [1.165, 1.54) is 0 Å². The van der Waals surface area contributed by atoms with Crippen LogP contribution in [0, 0.1) is 6.92 Å². The van der Waals surface area contributed by atoms with Gasteiger partial charge in [0.15, 0.2) is 0 Å². The zero-order valence-electron chi connectivity index (χ0n) is 13.5. The van der Waals surface area contributed by atoms with Crippen molar-refractivity contribution in [2.75, 3.05) is 39.0 Å². The van der Waals surface area contributed by atoms with E-state index in [4.69, 9.17) is 0 Å². The summed E-state index contributed by atoms with van der Waals surface area (Å²) in [5, 5.41) is 3.27. The number of nitrogens with zero attached hydrogens (tertiary/aromatic N) is 3. The number of piperidine rings is 1. The van der Waals surface area contributed by atoms with Crippen molar-refractivity contribution < 1.29 is 4.79 Å². The summed E-state index contributed by atoms with van der Waals surface area (Å²) in [5.74, 6) is 0.0880. The molecule has 1 aliphatic heterocycles. The first kappa shape index (κ1) is 15.8. The molecule has 0 saturated carbocycles. The van der Waals surface area contributed by atoms with Gasteiger partial charge in [-0.15, -0.1) is 0 Å². The molecule has 1 N–H and O–H groups in total. The quantitative estimate of drug-likeness (QED) is 0.921. The third-order valence-electron chi connectivity index (χ3n) is 4.05. The highest BCUT2D eigenvalue weighted by atomic mass is 16.2. The van der Waals surface area contributed by atoms with Gasteiger partial charge in [-0.05, 0) is 46.9 Å². The van der Waals surface area contributed by atoms with E-state index in [0.29, 0.717) is 11.6 Å². The summed E-state index contributed by atoms with van der Waals surface area (Å²) in [6, 6.07) is 2.40. The zero-order chi connectivity index (χ0) is 15.4. The molecule has 1 aliphatic rings. The van der Waals surface area contributed by atoms with Crippen LogP contribution in [-0.4, -0.2) is 60.5 Å². The number of amides is 1. The second-order valence-electron chi connectivity index (χ2n) is 5.91. The van der Waals surface area contributed by atoms with Crippen molar-refractivity contribution in [3.8, 4) is 0 Å². The van der Waals surface area contributed by atoms with Gasteiger partial charge in [0.1, 0.15) is 0 Å². The Balaban J connectivity index is 2.19. The van der Waals surface area contributed by atoms with Crippen molar-refractivity contribution in [2.24, 2.45) is 0 Å². The Morgan fingerprint density at radius 1 is 1.52 bits per heavy atom. The number of hydrogen-bond donors (Lipinski definition) is 1. The fraction of sp³-hybridized carbons (Fsp3) is 0.625. The molecule has 21 heavy (non-hydrogen) atoms. The third-order valence-corrected chi connectivity index (χ3v) is 4.05. The number of likely N-dealkylation sites (tertiary alicyclic amines) is 1. The third kappa shape index (κ3) is 3.73.